The van der Waals surface area contributed by atoms with E-state index in [2.05, 4.69) is 9.47 Å². The Balaban J connectivity index is 0.00000480. The van der Waals surface area contributed by atoms with Crippen molar-refractivity contribution in [1.82, 2.24) is 19.9 Å². The lowest BCUT2D eigenvalue weighted by molar-refractivity contribution is -0.140. The van der Waals surface area contributed by atoms with Gasteiger partial charge in [0.25, 0.3) is 11.1 Å². The highest BCUT2D eigenvalue weighted by Crippen LogP contribution is 2.03. The van der Waals surface area contributed by atoms with Gasteiger partial charge in [0.15, 0.2) is 0 Å². The Morgan fingerprint density at radius 1 is 0.806 bits per heavy atom. The van der Waals surface area contributed by atoms with Crippen LogP contribution < -0.4 is 28.2 Å². The quantitative estimate of drug-likeness (QED) is 0.215. The molecule has 0 aliphatic rings. The molecule has 0 fully saturated rings. The molecular weight excluding hydrogens is 446 g/mol. The zero-order chi connectivity index (χ0) is 22.4. The molecule has 0 aromatic carbocycles. The van der Waals surface area contributed by atoms with E-state index in [1.54, 1.807) is 4.98 Å². The minimum Gasteiger partial charge on any atom is -0.388 e. The van der Waals surface area contributed by atoms with Crippen LogP contribution in [0.5, 0.6) is 0 Å². The predicted octanol–water partition coefficient (Wildman–Crippen LogP) is -2.96. The molecule has 2 aromatic rings. The van der Waals surface area contributed by atoms with E-state index in [1.165, 1.54) is 0 Å². The second-order valence-electron chi connectivity index (χ2n) is 5.62. The van der Waals surface area contributed by atoms with Crippen molar-refractivity contribution in [3.63, 3.8) is 0 Å². The van der Waals surface area contributed by atoms with Gasteiger partial charge in [-0.2, -0.15) is 0 Å². The summed E-state index contributed by atoms with van der Waals surface area (Å²) in [4.78, 5) is 98.8. The summed E-state index contributed by atoms with van der Waals surface area (Å²) in [5.41, 5.74) is 0.526. The van der Waals surface area contributed by atoms with Crippen molar-refractivity contribution in [2.24, 2.45) is 5.73 Å². The standard InChI is InChI=1S/C15H13N5O10.ClH/c16-5(11(24)30-13(26)7-4-9(22)20-15(28)18-7)1-2-10(23)29-12(25)6-3-8(21)19-14(27)17-6;/h3-5H,1-2,16H2,(H2,17,19,21,27)(H2,18,20,22,28);1H/t5-;/m0./s1. The molecule has 16 heteroatoms. The summed E-state index contributed by atoms with van der Waals surface area (Å²) >= 11 is 0. The van der Waals surface area contributed by atoms with Gasteiger partial charge in [-0.15, -0.1) is 12.4 Å². The van der Waals surface area contributed by atoms with Gasteiger partial charge in [-0.3, -0.25) is 24.4 Å². The lowest BCUT2D eigenvalue weighted by atomic mass is 10.2. The first-order valence-electron chi connectivity index (χ1n) is 7.99. The smallest absolute Gasteiger partial charge is 0.362 e. The third kappa shape index (κ3) is 7.33. The molecule has 0 aliphatic heterocycles. The maximum absolute atomic E-state index is 11.8. The summed E-state index contributed by atoms with van der Waals surface area (Å²) in [6.07, 6.45) is -0.971. The Morgan fingerprint density at radius 2 is 1.26 bits per heavy atom. The number of aromatic nitrogens is 4. The van der Waals surface area contributed by atoms with Crippen molar-refractivity contribution in [2.45, 2.75) is 18.9 Å². The molecule has 0 saturated carbocycles. The highest BCUT2D eigenvalue weighted by atomic mass is 35.5. The van der Waals surface area contributed by atoms with Crippen LogP contribution in [0.15, 0.2) is 31.3 Å². The fourth-order valence-electron chi connectivity index (χ4n) is 1.98. The molecule has 15 nitrogen and oxygen atoms in total. The third-order valence-electron chi connectivity index (χ3n) is 3.32. The Hall–Kier alpha value is -4.11. The van der Waals surface area contributed by atoms with Crippen LogP contribution >= 0.6 is 12.4 Å². The van der Waals surface area contributed by atoms with Crippen LogP contribution in [-0.2, 0) is 19.1 Å². The summed E-state index contributed by atoms with van der Waals surface area (Å²) < 4.78 is 8.79. The van der Waals surface area contributed by atoms with E-state index in [0.717, 1.165) is 0 Å². The van der Waals surface area contributed by atoms with Gasteiger partial charge in [0.2, 0.25) is 0 Å². The van der Waals surface area contributed by atoms with E-state index in [4.69, 9.17) is 5.73 Å². The zero-order valence-electron chi connectivity index (χ0n) is 15.2. The van der Waals surface area contributed by atoms with Crippen LogP contribution in [0, 0.1) is 0 Å². The van der Waals surface area contributed by atoms with Gasteiger partial charge in [-0.25, -0.2) is 24.0 Å². The van der Waals surface area contributed by atoms with Gasteiger partial charge in [0, 0.05) is 18.6 Å². The molecule has 2 aromatic heterocycles. The number of esters is 4. The second kappa shape index (κ2) is 10.6. The zero-order valence-corrected chi connectivity index (χ0v) is 16.0. The SMILES string of the molecule is Cl.N[C@@H](CCC(=O)OC(=O)c1cc(=O)[nH]c(=O)[nH]1)C(=O)OC(=O)c1cc(=O)[nH]c(=O)[nH]1. The third-order valence-corrected chi connectivity index (χ3v) is 3.32. The van der Waals surface area contributed by atoms with Crippen LogP contribution in [-0.4, -0.2) is 49.9 Å². The van der Waals surface area contributed by atoms with Gasteiger partial charge >= 0.3 is 35.3 Å². The van der Waals surface area contributed by atoms with E-state index in [-0.39, 0.29) is 12.4 Å². The molecule has 0 saturated heterocycles. The molecule has 0 aliphatic carbocycles. The van der Waals surface area contributed by atoms with Crippen molar-refractivity contribution < 1.29 is 28.7 Å². The summed E-state index contributed by atoms with van der Waals surface area (Å²) in [5, 5.41) is 0. The number of nitrogens with two attached hydrogens (primary N) is 1. The number of ether oxygens (including phenoxy) is 2. The minimum absolute atomic E-state index is 0. The van der Waals surface area contributed by atoms with E-state index >= 15 is 0 Å². The van der Waals surface area contributed by atoms with Gasteiger partial charge in [0.1, 0.15) is 17.4 Å². The van der Waals surface area contributed by atoms with Crippen LogP contribution in [0.25, 0.3) is 0 Å². The fraction of sp³-hybridized carbons (Fsp3) is 0.200. The molecule has 0 spiro atoms. The largest absolute Gasteiger partial charge is 0.388 e. The Bertz CT molecular complexity index is 1180. The van der Waals surface area contributed by atoms with E-state index in [0.29, 0.717) is 12.1 Å². The Kier molecular flexibility index (Phi) is 8.53. The Labute approximate surface area is 175 Å². The Morgan fingerprint density at radius 3 is 1.71 bits per heavy atom. The molecule has 0 bridgehead atoms. The average molecular weight is 460 g/mol. The summed E-state index contributed by atoms with van der Waals surface area (Å²) in [5.74, 6) is -5.09. The van der Waals surface area contributed by atoms with Gasteiger partial charge < -0.3 is 25.2 Å². The maximum Gasteiger partial charge on any atom is 0.362 e. The van der Waals surface area contributed by atoms with Gasteiger partial charge in [-0.1, -0.05) is 0 Å². The van der Waals surface area contributed by atoms with Crippen LogP contribution in [0.4, 0.5) is 0 Å². The van der Waals surface area contributed by atoms with E-state index in [9.17, 15) is 38.4 Å². The fourth-order valence-corrected chi connectivity index (χ4v) is 1.98. The first kappa shape index (κ1) is 24.9. The number of hydrogen-bond acceptors (Lipinski definition) is 11. The number of rotatable bonds is 6. The highest BCUT2D eigenvalue weighted by Gasteiger charge is 2.23. The number of H-pyrrole nitrogens is 4. The highest BCUT2D eigenvalue weighted by molar-refractivity contribution is 5.97. The van der Waals surface area contributed by atoms with Crippen LogP contribution in [0.3, 0.4) is 0 Å². The predicted molar refractivity (Wildman–Crippen MR) is 101 cm³/mol. The molecule has 31 heavy (non-hydrogen) atoms. The maximum atomic E-state index is 11.8. The monoisotopic (exact) mass is 459 g/mol. The molecular formula is C15H14ClN5O10. The number of carbonyl (C=O) groups is 4. The topological polar surface area (TPSA) is 244 Å². The van der Waals surface area contributed by atoms with Crippen molar-refractivity contribution in [3.8, 4) is 0 Å². The average Bonchev–Trinajstić information content (AvgIpc) is 2.64. The molecule has 6 N–H and O–H groups in total. The summed E-state index contributed by atoms with van der Waals surface area (Å²) in [6, 6.07) is -0.112. The molecule has 2 heterocycles. The first-order valence-corrected chi connectivity index (χ1v) is 7.99. The van der Waals surface area contributed by atoms with E-state index in [1.807, 2.05) is 15.0 Å². The van der Waals surface area contributed by atoms with Crippen molar-refractivity contribution in [1.29, 1.82) is 0 Å². The normalized spacial score (nSPS) is 11.0. The minimum atomic E-state index is -1.50. The number of halogens is 1. The number of carbonyl (C=O) groups excluding carboxylic acids is 4. The number of aromatic amines is 4. The molecule has 0 amide bonds. The van der Waals surface area contributed by atoms with Crippen molar-refractivity contribution in [3.05, 3.63) is 65.2 Å². The van der Waals surface area contributed by atoms with Crippen LogP contribution in [0.1, 0.15) is 33.8 Å². The molecule has 1 atom stereocenters. The first-order chi connectivity index (χ1) is 14.0. The molecule has 166 valence electrons. The summed E-state index contributed by atoms with van der Waals surface area (Å²) in [6.45, 7) is 0. The van der Waals surface area contributed by atoms with Gasteiger partial charge in [-0.05, 0) is 6.42 Å². The lowest BCUT2D eigenvalue weighted by Gasteiger charge is -2.09. The molecule has 2 rings (SSSR count). The lowest BCUT2D eigenvalue weighted by Crippen LogP contribution is -2.35. The number of nitrogens with one attached hydrogen (secondary N) is 4. The molecule has 0 radical (unpaired) electrons. The van der Waals surface area contributed by atoms with Crippen molar-refractivity contribution in [2.75, 3.05) is 0 Å². The number of hydrogen-bond donors (Lipinski definition) is 5. The molecule has 0 unspecified atom stereocenters. The van der Waals surface area contributed by atoms with Crippen molar-refractivity contribution >= 4 is 36.3 Å². The van der Waals surface area contributed by atoms with E-state index < -0.39 is 76.6 Å². The van der Waals surface area contributed by atoms with Crippen LogP contribution in [0.2, 0.25) is 0 Å². The van der Waals surface area contributed by atoms with Gasteiger partial charge in [0.05, 0.1) is 0 Å². The second-order valence-corrected chi connectivity index (χ2v) is 5.62. The summed E-state index contributed by atoms with van der Waals surface area (Å²) in [7, 11) is 0.